The van der Waals surface area contributed by atoms with Crippen LogP contribution >= 0.6 is 0 Å². The number of hydrogen-bond donors (Lipinski definition) is 2. The summed E-state index contributed by atoms with van der Waals surface area (Å²) in [5, 5.41) is 16.5. The number of carbonyl (C=O) groups excluding carboxylic acids is 1. The van der Waals surface area contributed by atoms with Crippen LogP contribution in [-0.2, 0) is 0 Å². The lowest BCUT2D eigenvalue weighted by atomic mass is 9.94. The Morgan fingerprint density at radius 3 is 2.70 bits per heavy atom. The van der Waals surface area contributed by atoms with Gasteiger partial charge < -0.3 is 15.3 Å². The van der Waals surface area contributed by atoms with E-state index in [9.17, 15) is 4.79 Å². The molecule has 0 bridgehead atoms. The van der Waals surface area contributed by atoms with E-state index in [1.807, 2.05) is 21.8 Å². The van der Waals surface area contributed by atoms with Crippen LogP contribution in [0.15, 0.2) is 18.5 Å². The van der Waals surface area contributed by atoms with E-state index in [0.29, 0.717) is 24.4 Å². The molecule has 130 valence electrons. The monoisotopic (exact) mass is 322 g/mol. The fourth-order valence-corrected chi connectivity index (χ4v) is 3.33. The fraction of sp³-hybridized carbons (Fsp3) is 0.765. The van der Waals surface area contributed by atoms with Crippen LogP contribution in [0.1, 0.15) is 45.6 Å². The second-order valence-electron chi connectivity index (χ2n) is 6.90. The van der Waals surface area contributed by atoms with Crippen LogP contribution in [0.3, 0.4) is 0 Å². The first kappa shape index (κ1) is 17.8. The average molecular weight is 322 g/mol. The zero-order chi connectivity index (χ0) is 16.7. The molecule has 1 atom stereocenters. The molecule has 1 saturated heterocycles. The summed E-state index contributed by atoms with van der Waals surface area (Å²) in [6.45, 7) is 6.72. The van der Waals surface area contributed by atoms with Crippen molar-refractivity contribution in [3.63, 3.8) is 0 Å². The summed E-state index contributed by atoms with van der Waals surface area (Å²) in [5.41, 5.74) is 0. The molecule has 0 spiro atoms. The average Bonchev–Trinajstić information content (AvgIpc) is 3.06. The van der Waals surface area contributed by atoms with Crippen molar-refractivity contribution >= 4 is 6.03 Å². The number of carbonyl (C=O) groups is 1. The summed E-state index contributed by atoms with van der Waals surface area (Å²) in [6.07, 6.45) is 7.46. The molecule has 2 amide bonds. The molecular weight excluding hydrogens is 292 g/mol. The Morgan fingerprint density at radius 2 is 2.13 bits per heavy atom. The van der Waals surface area contributed by atoms with Gasteiger partial charge in [-0.2, -0.15) is 5.10 Å². The van der Waals surface area contributed by atoms with Crippen LogP contribution < -0.4 is 5.32 Å². The number of hydrogen-bond acceptors (Lipinski definition) is 3. The Bertz CT molecular complexity index is 453. The van der Waals surface area contributed by atoms with Gasteiger partial charge in [-0.15, -0.1) is 0 Å². The third-order valence-corrected chi connectivity index (χ3v) is 4.53. The van der Waals surface area contributed by atoms with E-state index in [0.717, 1.165) is 38.8 Å². The molecule has 1 unspecified atom stereocenters. The van der Waals surface area contributed by atoms with Gasteiger partial charge in [-0.3, -0.25) is 4.68 Å². The lowest BCUT2D eigenvalue weighted by Gasteiger charge is -2.32. The minimum atomic E-state index is 0.0237. The highest BCUT2D eigenvalue weighted by atomic mass is 16.3. The molecule has 1 aliphatic heterocycles. The Kier molecular flexibility index (Phi) is 6.89. The SMILES string of the molecule is CC(C)CC(CCO)CNC(=O)N1CCC(n2cccn2)CC1. The summed E-state index contributed by atoms with van der Waals surface area (Å²) >= 11 is 0. The third kappa shape index (κ3) is 5.53. The third-order valence-electron chi connectivity index (χ3n) is 4.53. The van der Waals surface area contributed by atoms with Crippen molar-refractivity contribution in [1.82, 2.24) is 20.0 Å². The van der Waals surface area contributed by atoms with Crippen molar-refractivity contribution in [3.05, 3.63) is 18.5 Å². The van der Waals surface area contributed by atoms with Crippen molar-refractivity contribution in [2.45, 2.75) is 45.6 Å². The van der Waals surface area contributed by atoms with Gasteiger partial charge in [0, 0.05) is 38.6 Å². The van der Waals surface area contributed by atoms with E-state index in [4.69, 9.17) is 5.11 Å². The van der Waals surface area contributed by atoms with Crippen LogP contribution in [0.25, 0.3) is 0 Å². The van der Waals surface area contributed by atoms with E-state index in [-0.39, 0.29) is 12.6 Å². The summed E-state index contributed by atoms with van der Waals surface area (Å²) in [4.78, 5) is 14.2. The molecule has 0 saturated carbocycles. The fourth-order valence-electron chi connectivity index (χ4n) is 3.33. The number of aromatic nitrogens is 2. The van der Waals surface area contributed by atoms with Crippen molar-refractivity contribution in [2.24, 2.45) is 11.8 Å². The first-order chi connectivity index (χ1) is 11.1. The first-order valence-corrected chi connectivity index (χ1v) is 8.73. The molecule has 2 N–H and O–H groups in total. The van der Waals surface area contributed by atoms with Gasteiger partial charge in [0.1, 0.15) is 0 Å². The smallest absolute Gasteiger partial charge is 0.317 e. The molecule has 2 heterocycles. The largest absolute Gasteiger partial charge is 0.396 e. The lowest BCUT2D eigenvalue weighted by molar-refractivity contribution is 0.165. The summed E-state index contributed by atoms with van der Waals surface area (Å²) in [7, 11) is 0. The number of aliphatic hydroxyl groups is 1. The van der Waals surface area contributed by atoms with Crippen LogP contribution in [0.5, 0.6) is 0 Å². The molecule has 1 aromatic heterocycles. The molecule has 1 fully saturated rings. The topological polar surface area (TPSA) is 70.4 Å². The summed E-state index contributed by atoms with van der Waals surface area (Å²) in [6, 6.07) is 2.36. The Morgan fingerprint density at radius 1 is 1.39 bits per heavy atom. The minimum absolute atomic E-state index is 0.0237. The zero-order valence-electron chi connectivity index (χ0n) is 14.3. The Labute approximate surface area is 138 Å². The maximum atomic E-state index is 12.3. The number of piperidine rings is 1. The highest BCUT2D eigenvalue weighted by molar-refractivity contribution is 5.74. The normalized spacial score (nSPS) is 17.5. The molecule has 0 aliphatic carbocycles. The van der Waals surface area contributed by atoms with Crippen molar-refractivity contribution in [3.8, 4) is 0 Å². The second kappa shape index (κ2) is 8.91. The van der Waals surface area contributed by atoms with Gasteiger partial charge in [0.15, 0.2) is 0 Å². The second-order valence-corrected chi connectivity index (χ2v) is 6.90. The lowest BCUT2D eigenvalue weighted by Crippen LogP contribution is -2.46. The molecule has 6 heteroatoms. The van der Waals surface area contributed by atoms with Crippen molar-refractivity contribution in [2.75, 3.05) is 26.2 Å². The number of likely N-dealkylation sites (tertiary alicyclic amines) is 1. The van der Waals surface area contributed by atoms with Crippen molar-refractivity contribution in [1.29, 1.82) is 0 Å². The van der Waals surface area contributed by atoms with Gasteiger partial charge in [0.05, 0.1) is 6.04 Å². The summed E-state index contributed by atoms with van der Waals surface area (Å²) < 4.78 is 2.00. The minimum Gasteiger partial charge on any atom is -0.396 e. The van der Waals surface area contributed by atoms with Gasteiger partial charge in [0.2, 0.25) is 0 Å². The highest BCUT2D eigenvalue weighted by Crippen LogP contribution is 2.21. The van der Waals surface area contributed by atoms with Gasteiger partial charge in [-0.05, 0) is 43.6 Å². The van der Waals surface area contributed by atoms with E-state index in [1.165, 1.54) is 0 Å². The van der Waals surface area contributed by atoms with E-state index >= 15 is 0 Å². The highest BCUT2D eigenvalue weighted by Gasteiger charge is 2.24. The Balaban J connectivity index is 1.73. The molecule has 1 aliphatic rings. The molecule has 6 nitrogen and oxygen atoms in total. The van der Waals surface area contributed by atoms with Crippen LogP contribution in [-0.4, -0.2) is 52.1 Å². The first-order valence-electron chi connectivity index (χ1n) is 8.73. The number of aliphatic hydroxyl groups excluding tert-OH is 1. The summed E-state index contributed by atoms with van der Waals surface area (Å²) in [5.74, 6) is 0.929. The maximum Gasteiger partial charge on any atom is 0.317 e. The molecule has 0 radical (unpaired) electrons. The predicted octanol–water partition coefficient (Wildman–Crippen LogP) is 2.27. The maximum absolute atomic E-state index is 12.3. The predicted molar refractivity (Wildman–Crippen MR) is 90.1 cm³/mol. The van der Waals surface area contributed by atoms with E-state index in [2.05, 4.69) is 24.3 Å². The van der Waals surface area contributed by atoms with Crippen LogP contribution in [0.2, 0.25) is 0 Å². The quantitative estimate of drug-likeness (QED) is 0.809. The number of rotatable bonds is 7. The molecule has 23 heavy (non-hydrogen) atoms. The van der Waals surface area contributed by atoms with Gasteiger partial charge >= 0.3 is 6.03 Å². The zero-order valence-corrected chi connectivity index (χ0v) is 14.3. The molecular formula is C17H30N4O2. The van der Waals surface area contributed by atoms with E-state index in [1.54, 1.807) is 6.20 Å². The number of nitrogens with zero attached hydrogens (tertiary/aromatic N) is 3. The molecule has 2 rings (SSSR count). The van der Waals surface area contributed by atoms with E-state index < -0.39 is 0 Å². The van der Waals surface area contributed by atoms with Crippen LogP contribution in [0, 0.1) is 11.8 Å². The van der Waals surface area contributed by atoms with Gasteiger partial charge in [0.25, 0.3) is 0 Å². The van der Waals surface area contributed by atoms with Crippen LogP contribution in [0.4, 0.5) is 4.79 Å². The number of nitrogens with one attached hydrogen (secondary N) is 1. The van der Waals surface area contributed by atoms with Gasteiger partial charge in [-0.1, -0.05) is 13.8 Å². The van der Waals surface area contributed by atoms with Gasteiger partial charge in [-0.25, -0.2) is 4.79 Å². The molecule has 1 aromatic rings. The number of urea groups is 1. The molecule has 0 aromatic carbocycles. The Hall–Kier alpha value is -1.56. The number of amides is 2. The van der Waals surface area contributed by atoms with Crippen molar-refractivity contribution < 1.29 is 9.90 Å². The standard InChI is InChI=1S/C17H30N4O2/c1-14(2)12-15(6-11-22)13-18-17(23)20-9-4-16(5-10-20)21-8-3-7-19-21/h3,7-8,14-16,22H,4-6,9-13H2,1-2H3,(H,18,23).